The summed E-state index contributed by atoms with van der Waals surface area (Å²) < 4.78 is 0. The third-order valence-corrected chi connectivity index (χ3v) is 3.01. The maximum atomic E-state index is 10.9. The predicted molar refractivity (Wildman–Crippen MR) is 72.0 cm³/mol. The largest absolute Gasteiger partial charge is 0.478 e. The van der Waals surface area contributed by atoms with E-state index in [-0.39, 0.29) is 0 Å². The van der Waals surface area contributed by atoms with Crippen molar-refractivity contribution < 1.29 is 9.90 Å². The summed E-state index contributed by atoms with van der Waals surface area (Å²) in [4.78, 5) is 10.9. The van der Waals surface area contributed by atoms with Gasteiger partial charge in [-0.2, -0.15) is 0 Å². The molecule has 0 atom stereocenters. The van der Waals surface area contributed by atoms with Gasteiger partial charge in [0.05, 0.1) is 5.56 Å². The maximum absolute atomic E-state index is 10.9. The fraction of sp³-hybridized carbons (Fsp3) is 0.188. The van der Waals surface area contributed by atoms with Gasteiger partial charge in [0.2, 0.25) is 0 Å². The number of benzene rings is 2. The van der Waals surface area contributed by atoms with Crippen molar-refractivity contribution in [2.24, 2.45) is 0 Å². The third-order valence-electron chi connectivity index (χ3n) is 3.01. The first-order chi connectivity index (χ1) is 8.69. The summed E-state index contributed by atoms with van der Waals surface area (Å²) in [5.74, 6) is -0.877. The van der Waals surface area contributed by atoms with Gasteiger partial charge in [0.15, 0.2) is 0 Å². The van der Waals surface area contributed by atoms with Gasteiger partial charge in [-0.15, -0.1) is 0 Å². The molecule has 0 spiro atoms. The molecule has 0 amide bonds. The van der Waals surface area contributed by atoms with E-state index in [4.69, 9.17) is 5.11 Å². The number of carbonyl (C=O) groups is 1. The molecule has 2 nitrogen and oxygen atoms in total. The number of hydrogen-bond donors (Lipinski definition) is 1. The standard InChI is InChI=1S/C16H16O2/c1-2-12-6-8-13(9-7-12)10-14-4-3-5-15(11-14)16(17)18/h3-9,11H,2,10H2,1H3,(H,17,18). The van der Waals surface area contributed by atoms with Crippen molar-refractivity contribution in [1.82, 2.24) is 0 Å². The van der Waals surface area contributed by atoms with Gasteiger partial charge in [0.1, 0.15) is 0 Å². The fourth-order valence-corrected chi connectivity index (χ4v) is 1.94. The molecule has 0 unspecified atom stereocenters. The Kier molecular flexibility index (Phi) is 3.78. The molecule has 2 aromatic carbocycles. The van der Waals surface area contributed by atoms with Gasteiger partial charge in [-0.3, -0.25) is 0 Å². The first kappa shape index (κ1) is 12.4. The van der Waals surface area contributed by atoms with Gasteiger partial charge in [-0.25, -0.2) is 4.79 Å². The molecule has 2 aromatic rings. The van der Waals surface area contributed by atoms with Gasteiger partial charge in [-0.05, 0) is 41.7 Å². The first-order valence-electron chi connectivity index (χ1n) is 6.09. The molecule has 2 heteroatoms. The molecular weight excluding hydrogens is 224 g/mol. The van der Waals surface area contributed by atoms with Crippen molar-refractivity contribution in [2.75, 3.05) is 0 Å². The van der Waals surface area contributed by atoms with Crippen LogP contribution in [0.1, 0.15) is 34.0 Å². The number of hydrogen-bond acceptors (Lipinski definition) is 1. The number of rotatable bonds is 4. The van der Waals surface area contributed by atoms with E-state index in [1.165, 1.54) is 11.1 Å². The molecule has 0 aromatic heterocycles. The highest BCUT2D eigenvalue weighted by Crippen LogP contribution is 2.13. The molecule has 0 saturated heterocycles. The Morgan fingerprint density at radius 2 is 1.67 bits per heavy atom. The van der Waals surface area contributed by atoms with E-state index in [0.29, 0.717) is 5.56 Å². The number of carboxylic acid groups (broad SMARTS) is 1. The van der Waals surface area contributed by atoms with E-state index >= 15 is 0 Å². The fourth-order valence-electron chi connectivity index (χ4n) is 1.94. The second kappa shape index (κ2) is 5.50. The molecule has 0 aliphatic heterocycles. The van der Waals surface area contributed by atoms with Crippen molar-refractivity contribution in [2.45, 2.75) is 19.8 Å². The van der Waals surface area contributed by atoms with E-state index in [1.54, 1.807) is 18.2 Å². The zero-order valence-corrected chi connectivity index (χ0v) is 10.4. The van der Waals surface area contributed by atoms with Crippen molar-refractivity contribution in [3.63, 3.8) is 0 Å². The van der Waals surface area contributed by atoms with Crippen LogP contribution in [0.4, 0.5) is 0 Å². The van der Waals surface area contributed by atoms with E-state index in [1.807, 2.05) is 6.07 Å². The van der Waals surface area contributed by atoms with Crippen LogP contribution >= 0.6 is 0 Å². The zero-order valence-electron chi connectivity index (χ0n) is 10.4. The minimum absolute atomic E-state index is 0.345. The quantitative estimate of drug-likeness (QED) is 0.887. The van der Waals surface area contributed by atoms with Crippen molar-refractivity contribution >= 4 is 5.97 Å². The van der Waals surface area contributed by atoms with E-state index in [2.05, 4.69) is 31.2 Å². The van der Waals surface area contributed by atoms with Gasteiger partial charge in [0, 0.05) is 0 Å². The Balaban J connectivity index is 2.17. The summed E-state index contributed by atoms with van der Waals surface area (Å²) >= 11 is 0. The Hall–Kier alpha value is -2.09. The third kappa shape index (κ3) is 2.98. The minimum Gasteiger partial charge on any atom is -0.478 e. The minimum atomic E-state index is -0.877. The molecular formula is C16H16O2. The van der Waals surface area contributed by atoms with Crippen LogP contribution < -0.4 is 0 Å². The van der Waals surface area contributed by atoms with Crippen molar-refractivity contribution in [3.8, 4) is 0 Å². The summed E-state index contributed by atoms with van der Waals surface area (Å²) in [5, 5.41) is 8.94. The lowest BCUT2D eigenvalue weighted by Gasteiger charge is -2.04. The lowest BCUT2D eigenvalue weighted by atomic mass is 10.0. The summed E-state index contributed by atoms with van der Waals surface area (Å²) in [7, 11) is 0. The van der Waals surface area contributed by atoms with Crippen LogP contribution in [-0.2, 0) is 12.8 Å². The van der Waals surface area contributed by atoms with Crippen LogP contribution in [-0.4, -0.2) is 11.1 Å². The van der Waals surface area contributed by atoms with Crippen LogP contribution in [0.3, 0.4) is 0 Å². The Labute approximate surface area is 107 Å². The van der Waals surface area contributed by atoms with Crippen LogP contribution in [0.25, 0.3) is 0 Å². The Morgan fingerprint density at radius 1 is 1.00 bits per heavy atom. The maximum Gasteiger partial charge on any atom is 0.335 e. The highest BCUT2D eigenvalue weighted by molar-refractivity contribution is 5.87. The van der Waals surface area contributed by atoms with Crippen LogP contribution in [0.5, 0.6) is 0 Å². The Morgan fingerprint density at radius 3 is 2.28 bits per heavy atom. The predicted octanol–water partition coefficient (Wildman–Crippen LogP) is 3.54. The highest BCUT2D eigenvalue weighted by atomic mass is 16.4. The SMILES string of the molecule is CCc1ccc(Cc2cccc(C(=O)O)c2)cc1. The number of carboxylic acids is 1. The van der Waals surface area contributed by atoms with E-state index in [9.17, 15) is 4.79 Å². The molecule has 0 bridgehead atoms. The summed E-state index contributed by atoms with van der Waals surface area (Å²) in [6, 6.07) is 15.5. The zero-order chi connectivity index (χ0) is 13.0. The van der Waals surface area contributed by atoms with Crippen LogP contribution in [0, 0.1) is 0 Å². The molecule has 0 heterocycles. The van der Waals surface area contributed by atoms with Gasteiger partial charge in [-0.1, -0.05) is 43.3 Å². The lowest BCUT2D eigenvalue weighted by Crippen LogP contribution is -1.97. The first-order valence-corrected chi connectivity index (χ1v) is 6.09. The molecule has 0 saturated carbocycles. The lowest BCUT2D eigenvalue weighted by molar-refractivity contribution is 0.0697. The molecule has 92 valence electrons. The molecule has 0 fully saturated rings. The van der Waals surface area contributed by atoms with E-state index < -0.39 is 5.97 Å². The summed E-state index contributed by atoms with van der Waals surface area (Å²) in [6.07, 6.45) is 1.81. The van der Waals surface area contributed by atoms with Crippen molar-refractivity contribution in [1.29, 1.82) is 0 Å². The van der Waals surface area contributed by atoms with Crippen LogP contribution in [0.2, 0.25) is 0 Å². The van der Waals surface area contributed by atoms with Gasteiger partial charge in [0.25, 0.3) is 0 Å². The summed E-state index contributed by atoms with van der Waals surface area (Å²) in [6.45, 7) is 2.13. The second-order valence-electron chi connectivity index (χ2n) is 4.35. The molecule has 2 rings (SSSR count). The molecule has 18 heavy (non-hydrogen) atoms. The average Bonchev–Trinajstić information content (AvgIpc) is 2.40. The van der Waals surface area contributed by atoms with Gasteiger partial charge < -0.3 is 5.11 Å². The average molecular weight is 240 g/mol. The normalized spacial score (nSPS) is 10.3. The van der Waals surface area contributed by atoms with Crippen molar-refractivity contribution in [3.05, 3.63) is 70.8 Å². The molecule has 0 aliphatic carbocycles. The number of aromatic carboxylic acids is 1. The number of aryl methyl sites for hydroxylation is 1. The topological polar surface area (TPSA) is 37.3 Å². The molecule has 0 aliphatic rings. The van der Waals surface area contributed by atoms with Gasteiger partial charge >= 0.3 is 5.97 Å². The summed E-state index contributed by atoms with van der Waals surface area (Å²) in [5.41, 5.74) is 3.89. The highest BCUT2D eigenvalue weighted by Gasteiger charge is 2.03. The Bertz CT molecular complexity index is 541. The van der Waals surface area contributed by atoms with E-state index in [0.717, 1.165) is 18.4 Å². The molecule has 0 radical (unpaired) electrons. The van der Waals surface area contributed by atoms with Crippen LogP contribution in [0.15, 0.2) is 48.5 Å². The smallest absolute Gasteiger partial charge is 0.335 e. The molecule has 1 N–H and O–H groups in total. The monoisotopic (exact) mass is 240 g/mol. The second-order valence-corrected chi connectivity index (χ2v) is 4.35.